The number of nitrogens with zero attached hydrogens (tertiary/aromatic N) is 1. The number of halogens is 1. The molecule has 0 saturated carbocycles. The van der Waals surface area contributed by atoms with Crippen LogP contribution in [-0.4, -0.2) is 35.3 Å². The van der Waals surface area contributed by atoms with Crippen LogP contribution in [0.1, 0.15) is 38.1 Å². The van der Waals surface area contributed by atoms with E-state index >= 15 is 0 Å². The predicted molar refractivity (Wildman–Crippen MR) is 83.6 cm³/mol. The Morgan fingerprint density at radius 2 is 1.85 bits per heavy atom. The van der Waals surface area contributed by atoms with E-state index < -0.39 is 0 Å². The molecule has 0 aliphatic carbocycles. The molecule has 0 heterocycles. The van der Waals surface area contributed by atoms with Gasteiger partial charge in [0.15, 0.2) is 0 Å². The Bertz CT molecular complexity index is 495. The molecule has 0 aromatic heterocycles. The fourth-order valence-corrected chi connectivity index (χ4v) is 2.22. The van der Waals surface area contributed by atoms with Crippen LogP contribution in [-0.2, 0) is 4.79 Å². The topological polar surface area (TPSA) is 49.4 Å². The number of hydrogen-bond acceptors (Lipinski definition) is 2. The van der Waals surface area contributed by atoms with Crippen LogP contribution in [0.3, 0.4) is 0 Å². The van der Waals surface area contributed by atoms with Crippen molar-refractivity contribution in [1.82, 2.24) is 10.2 Å². The summed E-state index contributed by atoms with van der Waals surface area (Å²) >= 11 is 3.36. The summed E-state index contributed by atoms with van der Waals surface area (Å²) < 4.78 is 0.736. The molecule has 110 valence electrons. The Labute approximate surface area is 128 Å². The van der Waals surface area contributed by atoms with Gasteiger partial charge in [0.1, 0.15) is 0 Å². The Hall–Kier alpha value is -1.36. The maximum Gasteiger partial charge on any atom is 0.255 e. The molecule has 0 radical (unpaired) electrons. The van der Waals surface area contributed by atoms with Crippen molar-refractivity contribution in [2.75, 3.05) is 13.1 Å². The highest BCUT2D eigenvalue weighted by molar-refractivity contribution is 9.10. The first-order valence-corrected chi connectivity index (χ1v) is 7.38. The number of rotatable bonds is 4. The number of hydrogen-bond donors (Lipinski definition) is 1. The zero-order valence-corrected chi connectivity index (χ0v) is 14.0. The Morgan fingerprint density at radius 1 is 1.25 bits per heavy atom. The molecule has 4 nitrogen and oxygen atoms in total. The molecule has 1 aromatic carbocycles. The number of carbonyl (C=O) groups excluding carboxylic acids is 2. The molecule has 1 aromatic rings. The van der Waals surface area contributed by atoms with E-state index in [1.165, 1.54) is 4.90 Å². The zero-order chi connectivity index (χ0) is 15.3. The van der Waals surface area contributed by atoms with Crippen LogP contribution in [0.25, 0.3) is 0 Å². The van der Waals surface area contributed by atoms with Crippen molar-refractivity contribution in [3.8, 4) is 0 Å². The minimum atomic E-state index is -0.299. The second-order valence-corrected chi connectivity index (χ2v) is 6.45. The minimum Gasteiger partial charge on any atom is -0.350 e. The number of likely N-dealkylation sites (N-methyl/N-ethyl adjacent to an activating group) is 1. The van der Waals surface area contributed by atoms with Crippen LogP contribution < -0.4 is 5.32 Å². The molecule has 2 amide bonds. The molecule has 0 atom stereocenters. The summed E-state index contributed by atoms with van der Waals surface area (Å²) in [6, 6.07) is 7.22. The van der Waals surface area contributed by atoms with E-state index in [9.17, 15) is 9.59 Å². The summed E-state index contributed by atoms with van der Waals surface area (Å²) in [6.07, 6.45) is 0. The van der Waals surface area contributed by atoms with E-state index in [1.807, 2.05) is 39.8 Å². The van der Waals surface area contributed by atoms with Crippen molar-refractivity contribution in [2.45, 2.75) is 33.2 Å². The van der Waals surface area contributed by atoms with Gasteiger partial charge >= 0.3 is 0 Å². The summed E-state index contributed by atoms with van der Waals surface area (Å²) in [5.41, 5.74) is 0.269. The van der Waals surface area contributed by atoms with E-state index in [0.717, 1.165) is 4.47 Å². The third kappa shape index (κ3) is 4.96. The molecule has 0 aliphatic heterocycles. The van der Waals surface area contributed by atoms with E-state index in [4.69, 9.17) is 0 Å². The van der Waals surface area contributed by atoms with Crippen molar-refractivity contribution in [2.24, 2.45) is 0 Å². The van der Waals surface area contributed by atoms with Gasteiger partial charge in [-0.25, -0.2) is 0 Å². The van der Waals surface area contributed by atoms with Crippen molar-refractivity contribution in [1.29, 1.82) is 0 Å². The lowest BCUT2D eigenvalue weighted by atomic mass is 10.1. The number of benzene rings is 1. The van der Waals surface area contributed by atoms with Crippen molar-refractivity contribution in [3.63, 3.8) is 0 Å². The molecule has 0 unspecified atom stereocenters. The van der Waals surface area contributed by atoms with Crippen molar-refractivity contribution < 1.29 is 9.59 Å². The third-order valence-corrected chi connectivity index (χ3v) is 3.31. The first kappa shape index (κ1) is 16.7. The van der Waals surface area contributed by atoms with E-state index in [1.54, 1.807) is 12.1 Å². The Morgan fingerprint density at radius 3 is 2.35 bits per heavy atom. The lowest BCUT2D eigenvalue weighted by molar-refractivity contribution is -0.123. The van der Waals surface area contributed by atoms with Gasteiger partial charge in [-0.05, 0) is 55.8 Å². The molecule has 1 rings (SSSR count). The molecular weight excluding hydrogens is 320 g/mol. The zero-order valence-electron chi connectivity index (χ0n) is 12.4. The van der Waals surface area contributed by atoms with Gasteiger partial charge < -0.3 is 10.2 Å². The lowest BCUT2D eigenvalue weighted by Gasteiger charge is -2.25. The van der Waals surface area contributed by atoms with Crippen molar-refractivity contribution >= 4 is 27.7 Å². The second kappa shape index (κ2) is 6.88. The van der Waals surface area contributed by atoms with Gasteiger partial charge in [-0.1, -0.05) is 12.1 Å². The number of nitrogens with one attached hydrogen (secondary N) is 1. The maximum absolute atomic E-state index is 12.4. The molecule has 5 heteroatoms. The lowest BCUT2D eigenvalue weighted by Crippen LogP contribution is -2.47. The largest absolute Gasteiger partial charge is 0.350 e. The second-order valence-electron chi connectivity index (χ2n) is 5.60. The van der Waals surface area contributed by atoms with Crippen molar-refractivity contribution in [3.05, 3.63) is 34.3 Å². The van der Waals surface area contributed by atoms with Crippen LogP contribution in [0.15, 0.2) is 28.7 Å². The first-order chi connectivity index (χ1) is 9.24. The van der Waals surface area contributed by atoms with Gasteiger partial charge in [0, 0.05) is 16.6 Å². The normalized spacial score (nSPS) is 11.1. The van der Waals surface area contributed by atoms with Gasteiger partial charge in [0.25, 0.3) is 5.91 Å². The number of carbonyl (C=O) groups is 2. The molecule has 0 saturated heterocycles. The van der Waals surface area contributed by atoms with Gasteiger partial charge in [-0.3, -0.25) is 9.59 Å². The molecule has 0 spiro atoms. The Balaban J connectivity index is 2.79. The molecule has 0 aliphatic rings. The molecule has 0 fully saturated rings. The average Bonchev–Trinajstić information content (AvgIpc) is 2.33. The first-order valence-electron chi connectivity index (χ1n) is 6.59. The van der Waals surface area contributed by atoms with E-state index in [2.05, 4.69) is 21.2 Å². The predicted octanol–water partition coefficient (Wildman–Crippen LogP) is 2.83. The summed E-state index contributed by atoms with van der Waals surface area (Å²) in [5, 5.41) is 2.86. The summed E-state index contributed by atoms with van der Waals surface area (Å²) in [6.45, 7) is 8.15. The molecular formula is C15H21BrN2O2. The van der Waals surface area contributed by atoms with Crippen LogP contribution in [0, 0.1) is 0 Å². The van der Waals surface area contributed by atoms with Crippen LogP contribution in [0.4, 0.5) is 0 Å². The maximum atomic E-state index is 12.4. The SMILES string of the molecule is CCN(CC(=O)NC(C)(C)C)C(=O)c1ccccc1Br. The summed E-state index contributed by atoms with van der Waals surface area (Å²) in [4.78, 5) is 25.9. The van der Waals surface area contributed by atoms with Gasteiger partial charge in [-0.15, -0.1) is 0 Å². The molecule has 0 bridgehead atoms. The van der Waals surface area contributed by atoms with Gasteiger partial charge in [0.05, 0.1) is 12.1 Å². The van der Waals surface area contributed by atoms with Gasteiger partial charge in [-0.2, -0.15) is 0 Å². The van der Waals surface area contributed by atoms with Crippen LogP contribution in [0.5, 0.6) is 0 Å². The summed E-state index contributed by atoms with van der Waals surface area (Å²) in [7, 11) is 0. The molecule has 20 heavy (non-hydrogen) atoms. The fourth-order valence-electron chi connectivity index (χ4n) is 1.76. The smallest absolute Gasteiger partial charge is 0.255 e. The highest BCUT2D eigenvalue weighted by atomic mass is 79.9. The third-order valence-electron chi connectivity index (χ3n) is 2.62. The van der Waals surface area contributed by atoms with Gasteiger partial charge in [0.2, 0.25) is 5.91 Å². The fraction of sp³-hybridized carbons (Fsp3) is 0.467. The van der Waals surface area contributed by atoms with E-state index in [0.29, 0.717) is 12.1 Å². The quantitative estimate of drug-likeness (QED) is 0.916. The van der Waals surface area contributed by atoms with Crippen LogP contribution >= 0.6 is 15.9 Å². The standard InChI is InChI=1S/C15H21BrN2O2/c1-5-18(10-13(19)17-15(2,3)4)14(20)11-8-6-7-9-12(11)16/h6-9H,5,10H2,1-4H3,(H,17,19). The minimum absolute atomic E-state index is 0.0634. The highest BCUT2D eigenvalue weighted by Gasteiger charge is 2.21. The summed E-state index contributed by atoms with van der Waals surface area (Å²) in [5.74, 6) is -0.302. The van der Waals surface area contributed by atoms with E-state index in [-0.39, 0.29) is 23.9 Å². The highest BCUT2D eigenvalue weighted by Crippen LogP contribution is 2.17. The average molecular weight is 341 g/mol. The molecule has 1 N–H and O–H groups in total. The number of amides is 2. The monoisotopic (exact) mass is 340 g/mol. The Kier molecular flexibility index (Phi) is 5.74. The van der Waals surface area contributed by atoms with Crippen LogP contribution in [0.2, 0.25) is 0 Å².